The number of carbonyl (C=O) groups excluding carboxylic acids is 1. The standard InChI is InChI=1S/C17H24O/c1-11-6-5-7-15(10-11)17(18)16-13(3)8-12(2)9-14(16)4/h8-9,11,15H,5-7,10H2,1-4H3. The Morgan fingerprint density at radius 2 is 1.72 bits per heavy atom. The lowest BCUT2D eigenvalue weighted by Crippen LogP contribution is -2.23. The monoisotopic (exact) mass is 244 g/mol. The maximum absolute atomic E-state index is 12.7. The van der Waals surface area contributed by atoms with E-state index in [1.807, 2.05) is 0 Å². The molecule has 0 aromatic heterocycles. The van der Waals surface area contributed by atoms with Crippen molar-refractivity contribution in [2.24, 2.45) is 11.8 Å². The third-order valence-electron chi connectivity index (χ3n) is 4.23. The van der Waals surface area contributed by atoms with Crippen LogP contribution in [0.4, 0.5) is 0 Å². The van der Waals surface area contributed by atoms with E-state index in [0.29, 0.717) is 11.7 Å². The molecule has 1 aromatic rings. The lowest BCUT2D eigenvalue weighted by Gasteiger charge is -2.26. The van der Waals surface area contributed by atoms with Crippen molar-refractivity contribution in [2.45, 2.75) is 53.4 Å². The summed E-state index contributed by atoms with van der Waals surface area (Å²) in [6.45, 7) is 8.50. The lowest BCUT2D eigenvalue weighted by molar-refractivity contribution is 0.0867. The van der Waals surface area contributed by atoms with Crippen LogP contribution in [0.5, 0.6) is 0 Å². The van der Waals surface area contributed by atoms with Gasteiger partial charge in [-0.15, -0.1) is 0 Å². The number of ketones is 1. The minimum atomic E-state index is 0.258. The number of hydrogen-bond donors (Lipinski definition) is 0. The molecule has 98 valence electrons. The van der Waals surface area contributed by atoms with E-state index in [1.54, 1.807) is 0 Å². The summed E-state index contributed by atoms with van der Waals surface area (Å²) in [4.78, 5) is 12.7. The molecule has 1 aliphatic carbocycles. The smallest absolute Gasteiger partial charge is 0.166 e. The second-order valence-corrected chi connectivity index (χ2v) is 6.11. The van der Waals surface area contributed by atoms with Gasteiger partial charge in [0.2, 0.25) is 0 Å². The van der Waals surface area contributed by atoms with Crippen LogP contribution in [-0.4, -0.2) is 5.78 Å². The molecule has 0 N–H and O–H groups in total. The predicted octanol–water partition coefficient (Wildman–Crippen LogP) is 4.62. The fraction of sp³-hybridized carbons (Fsp3) is 0.588. The molecule has 18 heavy (non-hydrogen) atoms. The fourth-order valence-electron chi connectivity index (χ4n) is 3.45. The van der Waals surface area contributed by atoms with Crippen molar-refractivity contribution >= 4 is 5.78 Å². The molecule has 0 saturated heterocycles. The van der Waals surface area contributed by atoms with E-state index < -0.39 is 0 Å². The van der Waals surface area contributed by atoms with Crippen molar-refractivity contribution in [3.05, 3.63) is 34.4 Å². The Morgan fingerprint density at radius 1 is 1.11 bits per heavy atom. The number of rotatable bonds is 2. The van der Waals surface area contributed by atoms with E-state index in [9.17, 15) is 4.79 Å². The van der Waals surface area contributed by atoms with Crippen LogP contribution in [0.1, 0.15) is 59.7 Å². The van der Waals surface area contributed by atoms with Crippen molar-refractivity contribution in [3.8, 4) is 0 Å². The second-order valence-electron chi connectivity index (χ2n) is 6.11. The van der Waals surface area contributed by atoms with Crippen molar-refractivity contribution in [1.29, 1.82) is 0 Å². The quantitative estimate of drug-likeness (QED) is 0.694. The summed E-state index contributed by atoms with van der Waals surface area (Å²) in [7, 11) is 0. The summed E-state index contributed by atoms with van der Waals surface area (Å²) in [6.07, 6.45) is 4.65. The van der Waals surface area contributed by atoms with Crippen molar-refractivity contribution in [3.63, 3.8) is 0 Å². The lowest BCUT2D eigenvalue weighted by atomic mass is 9.77. The van der Waals surface area contributed by atoms with E-state index >= 15 is 0 Å². The minimum absolute atomic E-state index is 0.258. The van der Waals surface area contributed by atoms with Gasteiger partial charge in [0.15, 0.2) is 5.78 Å². The van der Waals surface area contributed by atoms with Gasteiger partial charge < -0.3 is 0 Å². The van der Waals surface area contributed by atoms with E-state index in [1.165, 1.54) is 18.4 Å². The van der Waals surface area contributed by atoms with Gasteiger partial charge in [-0.25, -0.2) is 0 Å². The maximum Gasteiger partial charge on any atom is 0.166 e. The van der Waals surface area contributed by atoms with Crippen LogP contribution in [0.3, 0.4) is 0 Å². The van der Waals surface area contributed by atoms with Crippen LogP contribution in [0.15, 0.2) is 12.1 Å². The van der Waals surface area contributed by atoms with E-state index in [-0.39, 0.29) is 5.92 Å². The SMILES string of the molecule is Cc1cc(C)c(C(=O)C2CCCC(C)C2)c(C)c1. The normalized spacial score (nSPS) is 24.0. The Bertz CT molecular complexity index is 436. The highest BCUT2D eigenvalue weighted by atomic mass is 16.1. The van der Waals surface area contributed by atoms with Gasteiger partial charge in [-0.05, 0) is 50.7 Å². The predicted molar refractivity (Wildman–Crippen MR) is 76.1 cm³/mol. The second kappa shape index (κ2) is 5.26. The van der Waals surface area contributed by atoms with Crippen molar-refractivity contribution in [2.75, 3.05) is 0 Å². The molecule has 1 fully saturated rings. The van der Waals surface area contributed by atoms with Gasteiger partial charge in [0.1, 0.15) is 0 Å². The van der Waals surface area contributed by atoms with Gasteiger partial charge in [0, 0.05) is 11.5 Å². The first-order chi connectivity index (χ1) is 8.49. The zero-order valence-electron chi connectivity index (χ0n) is 12.0. The van der Waals surface area contributed by atoms with Crippen LogP contribution in [0, 0.1) is 32.6 Å². The highest BCUT2D eigenvalue weighted by Gasteiger charge is 2.27. The molecule has 1 nitrogen and oxygen atoms in total. The molecule has 0 amide bonds. The number of aryl methyl sites for hydroxylation is 3. The number of benzene rings is 1. The van der Waals surface area contributed by atoms with Crippen molar-refractivity contribution < 1.29 is 4.79 Å². The summed E-state index contributed by atoms with van der Waals surface area (Å²) in [6, 6.07) is 4.26. The zero-order valence-corrected chi connectivity index (χ0v) is 12.0. The summed E-state index contributed by atoms with van der Waals surface area (Å²) in [5, 5.41) is 0. The number of Topliss-reactive ketones (excluding diaryl/α,β-unsaturated/α-hetero) is 1. The molecule has 0 aliphatic heterocycles. The molecule has 1 aliphatic rings. The number of hydrogen-bond acceptors (Lipinski definition) is 1. The summed E-state index contributed by atoms with van der Waals surface area (Å²) < 4.78 is 0. The largest absolute Gasteiger partial charge is 0.294 e. The highest BCUT2D eigenvalue weighted by molar-refractivity contribution is 6.00. The van der Waals surface area contributed by atoms with Crippen LogP contribution >= 0.6 is 0 Å². The molecule has 0 heterocycles. The molecule has 2 unspecified atom stereocenters. The summed E-state index contributed by atoms with van der Waals surface area (Å²) >= 11 is 0. The van der Waals surface area contributed by atoms with Crippen LogP contribution < -0.4 is 0 Å². The first kappa shape index (κ1) is 13.3. The molecule has 2 atom stereocenters. The van der Waals surface area contributed by atoms with E-state index in [0.717, 1.165) is 29.5 Å². The Hall–Kier alpha value is -1.11. The van der Waals surface area contributed by atoms with Crippen LogP contribution in [-0.2, 0) is 0 Å². The van der Waals surface area contributed by atoms with Crippen molar-refractivity contribution in [1.82, 2.24) is 0 Å². The Labute approximate surface area is 111 Å². The molecular formula is C17H24O. The first-order valence-electron chi connectivity index (χ1n) is 7.11. The summed E-state index contributed by atoms with van der Waals surface area (Å²) in [5.41, 5.74) is 4.53. The summed E-state index contributed by atoms with van der Waals surface area (Å²) in [5.74, 6) is 1.35. The molecule has 0 bridgehead atoms. The van der Waals surface area contributed by atoms with Gasteiger partial charge in [-0.1, -0.05) is 37.5 Å². The zero-order chi connectivity index (χ0) is 13.3. The van der Waals surface area contributed by atoms with Gasteiger partial charge in [0.05, 0.1) is 0 Å². The Balaban J connectivity index is 2.28. The molecular weight excluding hydrogens is 220 g/mol. The van der Waals surface area contributed by atoms with E-state index in [4.69, 9.17) is 0 Å². The van der Waals surface area contributed by atoms with Gasteiger partial charge >= 0.3 is 0 Å². The highest BCUT2D eigenvalue weighted by Crippen LogP contribution is 2.32. The van der Waals surface area contributed by atoms with Gasteiger partial charge in [0.25, 0.3) is 0 Å². The van der Waals surface area contributed by atoms with Gasteiger partial charge in [-0.3, -0.25) is 4.79 Å². The molecule has 1 saturated carbocycles. The molecule has 1 heteroatoms. The third-order valence-corrected chi connectivity index (χ3v) is 4.23. The average Bonchev–Trinajstić information content (AvgIpc) is 2.27. The van der Waals surface area contributed by atoms with E-state index in [2.05, 4.69) is 39.8 Å². The fourth-order valence-corrected chi connectivity index (χ4v) is 3.45. The topological polar surface area (TPSA) is 17.1 Å². The molecule has 2 rings (SSSR count). The van der Waals surface area contributed by atoms with Crippen LogP contribution in [0.2, 0.25) is 0 Å². The Morgan fingerprint density at radius 3 is 2.28 bits per heavy atom. The molecule has 1 aromatic carbocycles. The minimum Gasteiger partial charge on any atom is -0.294 e. The maximum atomic E-state index is 12.7. The molecule has 0 radical (unpaired) electrons. The van der Waals surface area contributed by atoms with Crippen LogP contribution in [0.25, 0.3) is 0 Å². The first-order valence-corrected chi connectivity index (χ1v) is 7.11. The molecule has 0 spiro atoms. The van der Waals surface area contributed by atoms with Gasteiger partial charge in [-0.2, -0.15) is 0 Å². The third kappa shape index (κ3) is 2.66. The Kier molecular flexibility index (Phi) is 3.89. The number of carbonyl (C=O) groups is 1. The average molecular weight is 244 g/mol.